The second-order valence-electron chi connectivity index (χ2n) is 3.02. The zero-order valence-electron chi connectivity index (χ0n) is 11.9. The Morgan fingerprint density at radius 3 is 2.85 bits per heavy atom. The molecule has 0 saturated heterocycles. The van der Waals surface area contributed by atoms with Gasteiger partial charge in [-0.15, -0.1) is 0 Å². The fourth-order valence-electron chi connectivity index (χ4n) is 1.65. The topological polar surface area (TPSA) is 0 Å². The molecular weight excluding hydrogens is 156 g/mol. The molecular formula is C13H10. The maximum absolute atomic E-state index is 8.15. The van der Waals surface area contributed by atoms with Crippen LogP contribution < -0.4 is 0 Å². The molecule has 0 N–H and O–H groups in total. The minimum Gasteiger partial charge on any atom is -0.0619 e. The molecule has 1 atom stereocenters. The van der Waals surface area contributed by atoms with Crippen molar-refractivity contribution in [1.82, 2.24) is 0 Å². The van der Waals surface area contributed by atoms with Crippen LogP contribution in [0.5, 0.6) is 0 Å². The first kappa shape index (κ1) is 3.67. The summed E-state index contributed by atoms with van der Waals surface area (Å²) in [6.07, 6.45) is -0.725. The monoisotopic (exact) mass is 171 g/mol. The Hall–Kier alpha value is -1.56. The van der Waals surface area contributed by atoms with Crippen molar-refractivity contribution in [3.63, 3.8) is 0 Å². The highest BCUT2D eigenvalue weighted by Gasteiger charge is 2.15. The van der Waals surface area contributed by atoms with Gasteiger partial charge in [0, 0.05) is 1.37 Å². The van der Waals surface area contributed by atoms with Crippen molar-refractivity contribution in [2.75, 3.05) is 0 Å². The van der Waals surface area contributed by atoms with E-state index in [2.05, 4.69) is 0 Å². The average Bonchev–Trinajstić information content (AvgIpc) is 2.68. The van der Waals surface area contributed by atoms with Crippen LogP contribution in [0.25, 0.3) is 11.1 Å². The normalized spacial score (nSPS) is 23.4. The molecule has 2 aromatic rings. The Morgan fingerprint density at radius 1 is 1.00 bits per heavy atom. The molecule has 0 saturated carbocycles. The van der Waals surface area contributed by atoms with Crippen molar-refractivity contribution in [2.24, 2.45) is 0 Å². The van der Waals surface area contributed by atoms with Crippen molar-refractivity contribution in [3.05, 3.63) is 59.6 Å². The molecule has 0 aliphatic heterocycles. The van der Waals surface area contributed by atoms with Gasteiger partial charge in [-0.2, -0.15) is 0 Å². The van der Waals surface area contributed by atoms with E-state index in [1.54, 1.807) is 6.07 Å². The van der Waals surface area contributed by atoms with Gasteiger partial charge in [-0.3, -0.25) is 0 Å². The molecule has 0 bridgehead atoms. The van der Waals surface area contributed by atoms with E-state index in [1.165, 1.54) is 0 Å². The smallest absolute Gasteiger partial charge is 0.0619 e. The SMILES string of the molecule is [2H]c1c([2H])c([2H])c2c(c1[2H])-c1ccccc1C2[2H]. The maximum atomic E-state index is 8.15. The highest BCUT2D eigenvalue weighted by atomic mass is 14.2. The number of hydrogen-bond acceptors (Lipinski definition) is 0. The van der Waals surface area contributed by atoms with E-state index < -0.39 is 6.40 Å². The van der Waals surface area contributed by atoms with Crippen molar-refractivity contribution in [2.45, 2.75) is 6.40 Å². The highest BCUT2D eigenvalue weighted by molar-refractivity contribution is 5.76. The first-order valence-corrected chi connectivity index (χ1v) is 4.15. The first-order valence-electron chi connectivity index (χ1n) is 6.73. The highest BCUT2D eigenvalue weighted by Crippen LogP contribution is 2.35. The van der Waals surface area contributed by atoms with Crippen LogP contribution in [0.3, 0.4) is 0 Å². The van der Waals surface area contributed by atoms with Crippen LogP contribution in [-0.2, 0) is 6.40 Å². The molecule has 2 aromatic carbocycles. The molecule has 13 heavy (non-hydrogen) atoms. The van der Waals surface area contributed by atoms with E-state index in [0.29, 0.717) is 11.1 Å². The van der Waals surface area contributed by atoms with Crippen LogP contribution in [0, 0.1) is 0 Å². The summed E-state index contributed by atoms with van der Waals surface area (Å²) >= 11 is 0. The van der Waals surface area contributed by atoms with Gasteiger partial charge in [0.2, 0.25) is 0 Å². The molecule has 1 aliphatic rings. The third kappa shape index (κ3) is 0.919. The summed E-state index contributed by atoms with van der Waals surface area (Å²) in [5.74, 6) is 0. The van der Waals surface area contributed by atoms with Gasteiger partial charge in [0.25, 0.3) is 0 Å². The molecule has 62 valence electrons. The summed E-state index contributed by atoms with van der Waals surface area (Å²) in [6, 6.07) is 6.62. The van der Waals surface area contributed by atoms with Gasteiger partial charge in [-0.05, 0) is 28.7 Å². The molecule has 0 spiro atoms. The third-order valence-electron chi connectivity index (χ3n) is 2.25. The fraction of sp³-hybridized carbons (Fsp3) is 0.0769. The molecule has 3 rings (SSSR count). The Balaban J connectivity index is 2.47. The zero-order valence-corrected chi connectivity index (χ0v) is 6.89. The van der Waals surface area contributed by atoms with E-state index in [-0.39, 0.29) is 24.2 Å². The summed E-state index contributed by atoms with van der Waals surface area (Å²) in [5.41, 5.74) is 2.37. The second kappa shape index (κ2) is 2.46. The predicted molar refractivity (Wildman–Crippen MR) is 54.7 cm³/mol. The van der Waals surface area contributed by atoms with Gasteiger partial charge >= 0.3 is 0 Å². The van der Waals surface area contributed by atoms with Crippen molar-refractivity contribution in [1.29, 1.82) is 0 Å². The summed E-state index contributed by atoms with van der Waals surface area (Å²) in [5, 5.41) is 0. The largest absolute Gasteiger partial charge is 0.0629 e. The van der Waals surface area contributed by atoms with Gasteiger partial charge < -0.3 is 0 Å². The lowest BCUT2D eigenvalue weighted by molar-refractivity contribution is 1.26. The van der Waals surface area contributed by atoms with E-state index in [4.69, 9.17) is 6.85 Å². The van der Waals surface area contributed by atoms with E-state index >= 15 is 0 Å². The van der Waals surface area contributed by atoms with Crippen LogP contribution in [0.2, 0.25) is 0 Å². The average molecular weight is 171 g/mol. The first-order chi connectivity index (χ1) is 8.54. The molecule has 0 amide bonds. The molecule has 0 aromatic heterocycles. The Labute approximate surface area is 84.9 Å². The summed E-state index contributed by atoms with van der Waals surface area (Å²) in [6.45, 7) is 0. The number of rotatable bonds is 0. The quantitative estimate of drug-likeness (QED) is 0.570. The van der Waals surface area contributed by atoms with Crippen molar-refractivity contribution < 1.29 is 6.85 Å². The van der Waals surface area contributed by atoms with Gasteiger partial charge in [-0.1, -0.05) is 48.4 Å². The molecule has 0 heterocycles. The van der Waals surface area contributed by atoms with Crippen LogP contribution in [-0.4, -0.2) is 0 Å². The Bertz CT molecular complexity index is 663. The second-order valence-corrected chi connectivity index (χ2v) is 3.02. The van der Waals surface area contributed by atoms with E-state index in [9.17, 15) is 0 Å². The van der Waals surface area contributed by atoms with Gasteiger partial charge in [0.05, 0.1) is 5.48 Å². The molecule has 0 heteroatoms. The van der Waals surface area contributed by atoms with Crippen LogP contribution in [0.15, 0.2) is 48.4 Å². The molecule has 0 nitrogen and oxygen atoms in total. The zero-order chi connectivity index (χ0) is 13.0. The van der Waals surface area contributed by atoms with Gasteiger partial charge in [-0.25, -0.2) is 0 Å². The maximum Gasteiger partial charge on any atom is 0.0629 e. The lowest BCUT2D eigenvalue weighted by Gasteiger charge is -1.98. The fourth-order valence-corrected chi connectivity index (χ4v) is 1.65. The molecule has 0 fully saturated rings. The van der Waals surface area contributed by atoms with Crippen LogP contribution in [0.1, 0.15) is 18.0 Å². The number of hydrogen-bond donors (Lipinski definition) is 0. The Kier molecular flexibility index (Phi) is 0.694. The van der Waals surface area contributed by atoms with Crippen LogP contribution in [0.4, 0.5) is 0 Å². The lowest BCUT2D eigenvalue weighted by Crippen LogP contribution is -1.77. The molecule has 1 aliphatic carbocycles. The standard InChI is InChI=1S/C13H10/c1-3-7-12-10(5-1)9-11-6-2-4-8-13(11)12/h1-8H,9H2/i1D,3D,5D,7D,9D. The van der Waals surface area contributed by atoms with Crippen LogP contribution >= 0.6 is 0 Å². The lowest BCUT2D eigenvalue weighted by atomic mass is 10.1. The minimum atomic E-state index is -0.725. The van der Waals surface area contributed by atoms with Crippen molar-refractivity contribution >= 4 is 0 Å². The Morgan fingerprint density at radius 2 is 1.85 bits per heavy atom. The van der Waals surface area contributed by atoms with E-state index in [1.807, 2.05) is 18.2 Å². The van der Waals surface area contributed by atoms with E-state index in [0.717, 1.165) is 11.1 Å². The summed E-state index contributed by atoms with van der Waals surface area (Å²) in [7, 11) is 0. The van der Waals surface area contributed by atoms with Crippen molar-refractivity contribution in [3.8, 4) is 11.1 Å². The van der Waals surface area contributed by atoms with Gasteiger partial charge in [0.1, 0.15) is 0 Å². The predicted octanol–water partition coefficient (Wildman–Crippen LogP) is 3.26. The summed E-state index contributed by atoms with van der Waals surface area (Å²) in [4.78, 5) is 0. The summed E-state index contributed by atoms with van der Waals surface area (Å²) < 4.78 is 39.4. The molecule has 0 radical (unpaired) electrons. The number of fused-ring (bicyclic) bond motifs is 3. The molecule has 1 unspecified atom stereocenters. The number of benzene rings is 2. The third-order valence-corrected chi connectivity index (χ3v) is 2.25. The minimum absolute atomic E-state index is 0.0480. The van der Waals surface area contributed by atoms with Gasteiger partial charge in [0.15, 0.2) is 0 Å².